The molecule has 1 unspecified atom stereocenters. The Labute approximate surface area is 157 Å². The van der Waals surface area contributed by atoms with Crippen molar-refractivity contribution in [2.45, 2.75) is 32.9 Å². The number of rotatable bonds is 11. The molecule has 26 heavy (non-hydrogen) atoms. The Morgan fingerprint density at radius 2 is 2.08 bits per heavy atom. The standard InChI is InChI=1S/C20H33N3O3/c1-3-24-16-19-8-5-4-7-18(19)13-23-20(21-2)22-10-6-11-25-14-17-9-12-26-15-17/h4-5,7-8,17H,3,6,9-16H2,1-2H3,(H2,21,22,23). The Balaban J connectivity index is 1.61. The second-order valence-corrected chi connectivity index (χ2v) is 6.42. The summed E-state index contributed by atoms with van der Waals surface area (Å²) >= 11 is 0. The van der Waals surface area contributed by atoms with Crippen molar-refractivity contribution >= 4 is 5.96 Å². The summed E-state index contributed by atoms with van der Waals surface area (Å²) in [5.74, 6) is 1.38. The Hall–Kier alpha value is -1.63. The summed E-state index contributed by atoms with van der Waals surface area (Å²) in [5.41, 5.74) is 2.44. The largest absolute Gasteiger partial charge is 0.381 e. The van der Waals surface area contributed by atoms with E-state index in [1.54, 1.807) is 7.05 Å². The van der Waals surface area contributed by atoms with Crippen molar-refractivity contribution in [1.29, 1.82) is 0 Å². The number of ether oxygens (including phenoxy) is 3. The van der Waals surface area contributed by atoms with Gasteiger partial charge in [0.05, 0.1) is 19.8 Å². The van der Waals surface area contributed by atoms with E-state index in [1.165, 1.54) is 11.1 Å². The highest BCUT2D eigenvalue weighted by Crippen LogP contribution is 2.12. The van der Waals surface area contributed by atoms with Crippen molar-refractivity contribution in [2.24, 2.45) is 10.9 Å². The fraction of sp³-hybridized carbons (Fsp3) is 0.650. The third-order valence-electron chi connectivity index (χ3n) is 4.39. The summed E-state index contributed by atoms with van der Waals surface area (Å²) < 4.78 is 16.6. The Bertz CT molecular complexity index is 531. The van der Waals surface area contributed by atoms with Crippen LogP contribution >= 0.6 is 0 Å². The van der Waals surface area contributed by atoms with Gasteiger partial charge in [-0.2, -0.15) is 0 Å². The normalized spacial score (nSPS) is 17.5. The van der Waals surface area contributed by atoms with Gasteiger partial charge in [0.15, 0.2) is 5.96 Å². The second kappa shape index (κ2) is 12.7. The second-order valence-electron chi connectivity index (χ2n) is 6.42. The molecule has 0 amide bonds. The highest BCUT2D eigenvalue weighted by atomic mass is 16.5. The number of hydrogen-bond acceptors (Lipinski definition) is 4. The molecule has 0 aliphatic carbocycles. The van der Waals surface area contributed by atoms with Crippen LogP contribution in [-0.4, -0.2) is 52.6 Å². The summed E-state index contributed by atoms with van der Waals surface area (Å²) in [6.45, 7) is 8.23. The zero-order valence-corrected chi connectivity index (χ0v) is 16.1. The average molecular weight is 364 g/mol. The van der Waals surface area contributed by atoms with Gasteiger partial charge in [-0.1, -0.05) is 24.3 Å². The lowest BCUT2D eigenvalue weighted by molar-refractivity contribution is 0.0888. The summed E-state index contributed by atoms with van der Waals surface area (Å²) in [7, 11) is 1.79. The predicted molar refractivity (Wildman–Crippen MR) is 104 cm³/mol. The maximum atomic E-state index is 5.72. The van der Waals surface area contributed by atoms with E-state index in [2.05, 4.69) is 33.8 Å². The SMILES string of the molecule is CCOCc1ccccc1CNC(=NC)NCCCOCC1CCOC1. The van der Waals surface area contributed by atoms with Gasteiger partial charge in [-0.3, -0.25) is 4.99 Å². The first kappa shape index (κ1) is 20.7. The van der Waals surface area contributed by atoms with Crippen molar-refractivity contribution < 1.29 is 14.2 Å². The number of benzene rings is 1. The molecule has 0 spiro atoms. The summed E-state index contributed by atoms with van der Waals surface area (Å²) in [5, 5.41) is 6.70. The molecule has 0 saturated carbocycles. The number of nitrogens with one attached hydrogen (secondary N) is 2. The van der Waals surface area contributed by atoms with Crippen LogP contribution in [0.4, 0.5) is 0 Å². The molecule has 0 bridgehead atoms. The zero-order chi connectivity index (χ0) is 18.5. The highest BCUT2D eigenvalue weighted by Gasteiger charge is 2.15. The van der Waals surface area contributed by atoms with Crippen molar-refractivity contribution in [2.75, 3.05) is 46.6 Å². The zero-order valence-electron chi connectivity index (χ0n) is 16.1. The molecule has 146 valence electrons. The molecular weight excluding hydrogens is 330 g/mol. The van der Waals surface area contributed by atoms with Crippen LogP contribution in [0, 0.1) is 5.92 Å². The van der Waals surface area contributed by atoms with E-state index in [0.717, 1.165) is 64.9 Å². The molecule has 1 aromatic rings. The van der Waals surface area contributed by atoms with Crippen LogP contribution in [0.5, 0.6) is 0 Å². The quantitative estimate of drug-likeness (QED) is 0.359. The number of aliphatic imine (C=N–C) groups is 1. The van der Waals surface area contributed by atoms with Crippen LogP contribution in [0.1, 0.15) is 30.9 Å². The molecule has 1 fully saturated rings. The summed E-state index contributed by atoms with van der Waals surface area (Å²) in [6, 6.07) is 8.32. The third-order valence-corrected chi connectivity index (χ3v) is 4.39. The molecule has 1 aromatic carbocycles. The van der Waals surface area contributed by atoms with Gasteiger partial charge in [-0.25, -0.2) is 0 Å². The first-order valence-electron chi connectivity index (χ1n) is 9.58. The Kier molecular flexibility index (Phi) is 10.1. The van der Waals surface area contributed by atoms with Crippen LogP contribution in [0.15, 0.2) is 29.3 Å². The lowest BCUT2D eigenvalue weighted by Gasteiger charge is -2.14. The van der Waals surface area contributed by atoms with Gasteiger partial charge in [-0.15, -0.1) is 0 Å². The van der Waals surface area contributed by atoms with Crippen LogP contribution in [0.2, 0.25) is 0 Å². The maximum Gasteiger partial charge on any atom is 0.191 e. The van der Waals surface area contributed by atoms with Gasteiger partial charge in [0, 0.05) is 45.9 Å². The molecule has 1 saturated heterocycles. The van der Waals surface area contributed by atoms with Crippen molar-refractivity contribution in [3.8, 4) is 0 Å². The van der Waals surface area contributed by atoms with Crippen LogP contribution in [-0.2, 0) is 27.4 Å². The van der Waals surface area contributed by atoms with E-state index in [0.29, 0.717) is 12.5 Å². The maximum absolute atomic E-state index is 5.72. The van der Waals surface area contributed by atoms with E-state index >= 15 is 0 Å². The molecule has 6 nitrogen and oxygen atoms in total. The molecule has 1 atom stereocenters. The molecule has 2 N–H and O–H groups in total. The number of hydrogen-bond donors (Lipinski definition) is 2. The molecule has 0 radical (unpaired) electrons. The van der Waals surface area contributed by atoms with Crippen LogP contribution in [0.25, 0.3) is 0 Å². The minimum atomic E-state index is 0.578. The van der Waals surface area contributed by atoms with Crippen molar-refractivity contribution in [3.63, 3.8) is 0 Å². The number of guanidine groups is 1. The van der Waals surface area contributed by atoms with Gasteiger partial charge >= 0.3 is 0 Å². The fourth-order valence-electron chi connectivity index (χ4n) is 2.83. The Morgan fingerprint density at radius 3 is 2.81 bits per heavy atom. The predicted octanol–water partition coefficient (Wildman–Crippen LogP) is 2.33. The fourth-order valence-corrected chi connectivity index (χ4v) is 2.83. The molecule has 2 rings (SSSR count). The van der Waals surface area contributed by atoms with Gasteiger partial charge in [0.1, 0.15) is 0 Å². The molecule has 1 aliphatic rings. The monoisotopic (exact) mass is 363 g/mol. The van der Waals surface area contributed by atoms with Crippen molar-refractivity contribution in [1.82, 2.24) is 10.6 Å². The lowest BCUT2D eigenvalue weighted by atomic mass is 10.1. The smallest absolute Gasteiger partial charge is 0.191 e. The van der Waals surface area contributed by atoms with Crippen LogP contribution in [0.3, 0.4) is 0 Å². The Morgan fingerprint density at radius 1 is 1.23 bits per heavy atom. The number of nitrogens with zero attached hydrogens (tertiary/aromatic N) is 1. The minimum Gasteiger partial charge on any atom is -0.381 e. The van der Waals surface area contributed by atoms with Crippen molar-refractivity contribution in [3.05, 3.63) is 35.4 Å². The van der Waals surface area contributed by atoms with Gasteiger partial charge < -0.3 is 24.8 Å². The molecule has 1 aliphatic heterocycles. The van der Waals surface area contributed by atoms with E-state index in [-0.39, 0.29) is 0 Å². The van der Waals surface area contributed by atoms with Gasteiger partial charge in [0.25, 0.3) is 0 Å². The van der Waals surface area contributed by atoms with Gasteiger partial charge in [-0.05, 0) is 30.9 Å². The molecular formula is C20H33N3O3. The van der Waals surface area contributed by atoms with E-state index in [9.17, 15) is 0 Å². The van der Waals surface area contributed by atoms with E-state index < -0.39 is 0 Å². The van der Waals surface area contributed by atoms with E-state index in [4.69, 9.17) is 14.2 Å². The van der Waals surface area contributed by atoms with Crippen LogP contribution < -0.4 is 10.6 Å². The minimum absolute atomic E-state index is 0.578. The van der Waals surface area contributed by atoms with E-state index in [1.807, 2.05) is 13.0 Å². The topological polar surface area (TPSA) is 64.1 Å². The first-order valence-corrected chi connectivity index (χ1v) is 9.58. The molecule has 0 aromatic heterocycles. The summed E-state index contributed by atoms with van der Waals surface area (Å²) in [6.07, 6.45) is 2.08. The third kappa shape index (κ3) is 7.72. The highest BCUT2D eigenvalue weighted by molar-refractivity contribution is 5.79. The average Bonchev–Trinajstić information content (AvgIpc) is 3.19. The first-order chi connectivity index (χ1) is 12.8. The summed E-state index contributed by atoms with van der Waals surface area (Å²) in [4.78, 5) is 4.28. The van der Waals surface area contributed by atoms with Gasteiger partial charge in [0.2, 0.25) is 0 Å². The lowest BCUT2D eigenvalue weighted by Crippen LogP contribution is -2.37. The molecule has 6 heteroatoms. The molecule has 1 heterocycles.